The molecule has 5 heteroatoms. The van der Waals surface area contributed by atoms with E-state index in [4.69, 9.17) is 9.47 Å². The van der Waals surface area contributed by atoms with Gasteiger partial charge in [0.2, 0.25) is 0 Å². The molecule has 2 rings (SSSR count). The van der Waals surface area contributed by atoms with Crippen molar-refractivity contribution in [3.05, 3.63) is 26.6 Å². The molecule has 0 radical (unpaired) electrons. The lowest BCUT2D eigenvalue weighted by molar-refractivity contribution is 0.0205. The van der Waals surface area contributed by atoms with Crippen LogP contribution in [0.15, 0.2) is 21.1 Å². The van der Waals surface area contributed by atoms with Gasteiger partial charge >= 0.3 is 0 Å². The Labute approximate surface area is 129 Å². The fourth-order valence-electron chi connectivity index (χ4n) is 2.35. The molecule has 0 aliphatic heterocycles. The van der Waals surface area contributed by atoms with Crippen molar-refractivity contribution in [3.63, 3.8) is 0 Å². The van der Waals surface area contributed by atoms with E-state index in [1.165, 1.54) is 0 Å². The first-order valence-corrected chi connectivity index (χ1v) is 7.86. The Morgan fingerprint density at radius 2 is 1.84 bits per heavy atom. The summed E-state index contributed by atoms with van der Waals surface area (Å²) in [6.45, 7) is 0. The van der Waals surface area contributed by atoms with Crippen molar-refractivity contribution in [1.29, 1.82) is 0 Å². The smallest absolute Gasteiger partial charge is 0.150 e. The third-order valence-corrected chi connectivity index (χ3v) is 4.53. The van der Waals surface area contributed by atoms with E-state index in [9.17, 15) is 4.79 Å². The van der Waals surface area contributed by atoms with Crippen LogP contribution in [0.5, 0.6) is 5.75 Å². The number of hydrogen-bond acceptors (Lipinski definition) is 3. The van der Waals surface area contributed by atoms with Crippen LogP contribution in [0.4, 0.5) is 0 Å². The van der Waals surface area contributed by atoms with Gasteiger partial charge in [-0.1, -0.05) is 0 Å². The monoisotopic (exact) mass is 390 g/mol. The second-order valence-corrected chi connectivity index (χ2v) is 6.40. The highest BCUT2D eigenvalue weighted by Gasteiger charge is 2.24. The molecule has 3 nitrogen and oxygen atoms in total. The number of methoxy groups -OCH3 is 1. The first-order chi connectivity index (χ1) is 9.13. The number of carbonyl (C=O) groups excluding carboxylic acids is 1. The molecule has 0 aromatic heterocycles. The summed E-state index contributed by atoms with van der Waals surface area (Å²) < 4.78 is 13.1. The summed E-state index contributed by atoms with van der Waals surface area (Å²) in [7, 11) is 1.75. The summed E-state index contributed by atoms with van der Waals surface area (Å²) in [4.78, 5) is 10.8. The van der Waals surface area contributed by atoms with E-state index in [1.54, 1.807) is 19.2 Å². The van der Waals surface area contributed by atoms with Gasteiger partial charge in [-0.2, -0.15) is 0 Å². The Morgan fingerprint density at radius 3 is 2.42 bits per heavy atom. The summed E-state index contributed by atoms with van der Waals surface area (Å²) in [6, 6.07) is 3.54. The Kier molecular flexibility index (Phi) is 5.42. The van der Waals surface area contributed by atoms with Gasteiger partial charge in [0.15, 0.2) is 0 Å². The largest absolute Gasteiger partial charge is 0.488 e. The molecular formula is C14H16Br2O3. The number of hydrogen-bond donors (Lipinski definition) is 0. The van der Waals surface area contributed by atoms with Gasteiger partial charge in [-0.3, -0.25) is 4.79 Å². The van der Waals surface area contributed by atoms with Gasteiger partial charge in [0.05, 0.1) is 15.0 Å². The van der Waals surface area contributed by atoms with Crippen LogP contribution in [-0.2, 0) is 4.74 Å². The van der Waals surface area contributed by atoms with E-state index in [2.05, 4.69) is 31.9 Å². The van der Waals surface area contributed by atoms with Crippen LogP contribution in [0.2, 0.25) is 0 Å². The van der Waals surface area contributed by atoms with Gasteiger partial charge in [0, 0.05) is 19.1 Å². The highest BCUT2D eigenvalue weighted by Crippen LogP contribution is 2.37. The zero-order valence-corrected chi connectivity index (χ0v) is 13.9. The minimum Gasteiger partial charge on any atom is -0.488 e. The molecule has 1 aromatic rings. The molecular weight excluding hydrogens is 376 g/mol. The van der Waals surface area contributed by atoms with Crippen molar-refractivity contribution < 1.29 is 14.3 Å². The molecule has 0 amide bonds. The molecule has 1 saturated carbocycles. The van der Waals surface area contributed by atoms with Crippen molar-refractivity contribution in [2.75, 3.05) is 7.11 Å². The molecule has 0 N–H and O–H groups in total. The quantitative estimate of drug-likeness (QED) is 0.715. The van der Waals surface area contributed by atoms with E-state index >= 15 is 0 Å². The van der Waals surface area contributed by atoms with E-state index in [0.29, 0.717) is 5.56 Å². The molecule has 0 heterocycles. The Morgan fingerprint density at radius 1 is 1.21 bits per heavy atom. The first kappa shape index (κ1) is 15.0. The summed E-state index contributed by atoms with van der Waals surface area (Å²) in [5.74, 6) is 0.757. The van der Waals surface area contributed by atoms with Crippen molar-refractivity contribution in [2.45, 2.75) is 37.9 Å². The van der Waals surface area contributed by atoms with Gasteiger partial charge in [-0.25, -0.2) is 0 Å². The predicted octanol–water partition coefficient (Wildman–Crippen LogP) is 4.36. The summed E-state index contributed by atoms with van der Waals surface area (Å²) in [5.41, 5.74) is 0.615. The fraction of sp³-hybridized carbons (Fsp3) is 0.500. The molecule has 1 fully saturated rings. The Bertz CT molecular complexity index is 439. The zero-order chi connectivity index (χ0) is 13.8. The van der Waals surface area contributed by atoms with Crippen molar-refractivity contribution in [2.24, 2.45) is 0 Å². The number of ether oxygens (including phenoxy) is 2. The minimum absolute atomic E-state index is 0.161. The van der Waals surface area contributed by atoms with Gasteiger partial charge in [0.1, 0.15) is 18.1 Å². The van der Waals surface area contributed by atoms with Gasteiger partial charge in [-0.15, -0.1) is 0 Å². The van der Waals surface area contributed by atoms with Gasteiger partial charge in [-0.05, 0) is 63.3 Å². The first-order valence-electron chi connectivity index (χ1n) is 6.27. The molecule has 0 spiro atoms. The Balaban J connectivity index is 2.12. The number of halogens is 2. The third kappa shape index (κ3) is 3.80. The van der Waals surface area contributed by atoms with E-state index in [-0.39, 0.29) is 12.2 Å². The maximum absolute atomic E-state index is 10.8. The van der Waals surface area contributed by atoms with Gasteiger partial charge < -0.3 is 9.47 Å². The molecule has 0 bridgehead atoms. The van der Waals surface area contributed by atoms with E-state index in [1.807, 2.05) is 0 Å². The summed E-state index contributed by atoms with van der Waals surface area (Å²) in [5, 5.41) is 0. The molecule has 0 saturated heterocycles. The lowest BCUT2D eigenvalue weighted by Crippen LogP contribution is -2.29. The average molecular weight is 392 g/mol. The standard InChI is InChI=1S/C14H16Br2O3/c1-18-10-3-2-4-11(7-10)19-14-12(15)5-9(8-17)6-13(14)16/h5-6,8,10-11H,2-4,7H2,1H3. The lowest BCUT2D eigenvalue weighted by Gasteiger charge is -2.29. The Hall–Kier alpha value is -0.390. The molecule has 1 aliphatic rings. The number of rotatable bonds is 4. The average Bonchev–Trinajstić information content (AvgIpc) is 2.42. The number of carbonyl (C=O) groups is 1. The second kappa shape index (κ2) is 6.86. The molecule has 2 atom stereocenters. The molecule has 19 heavy (non-hydrogen) atoms. The van der Waals surface area contributed by atoms with Crippen LogP contribution >= 0.6 is 31.9 Å². The molecule has 1 aromatic carbocycles. The third-order valence-electron chi connectivity index (χ3n) is 3.35. The normalized spacial score (nSPS) is 23.1. The van der Waals surface area contributed by atoms with E-state index < -0.39 is 0 Å². The molecule has 1 aliphatic carbocycles. The van der Waals surface area contributed by atoms with Crippen LogP contribution < -0.4 is 4.74 Å². The summed E-state index contributed by atoms with van der Waals surface area (Å²) >= 11 is 6.91. The van der Waals surface area contributed by atoms with Crippen molar-refractivity contribution in [3.8, 4) is 5.75 Å². The number of aldehydes is 1. The zero-order valence-electron chi connectivity index (χ0n) is 10.7. The highest BCUT2D eigenvalue weighted by molar-refractivity contribution is 9.11. The number of benzene rings is 1. The minimum atomic E-state index is 0.161. The second-order valence-electron chi connectivity index (χ2n) is 4.70. The fourth-order valence-corrected chi connectivity index (χ4v) is 3.76. The van der Waals surface area contributed by atoms with Crippen LogP contribution in [0.1, 0.15) is 36.0 Å². The molecule has 2 unspecified atom stereocenters. The highest BCUT2D eigenvalue weighted by atomic mass is 79.9. The molecule has 104 valence electrons. The lowest BCUT2D eigenvalue weighted by atomic mass is 9.95. The van der Waals surface area contributed by atoms with Crippen LogP contribution in [-0.4, -0.2) is 25.6 Å². The maximum Gasteiger partial charge on any atom is 0.150 e. The van der Waals surface area contributed by atoms with Gasteiger partial charge in [0.25, 0.3) is 0 Å². The topological polar surface area (TPSA) is 35.5 Å². The van der Waals surface area contributed by atoms with E-state index in [0.717, 1.165) is 46.7 Å². The maximum atomic E-state index is 10.8. The van der Waals surface area contributed by atoms with Crippen LogP contribution in [0.25, 0.3) is 0 Å². The van der Waals surface area contributed by atoms with Crippen molar-refractivity contribution in [1.82, 2.24) is 0 Å². The predicted molar refractivity (Wildman–Crippen MR) is 80.9 cm³/mol. The van der Waals surface area contributed by atoms with Crippen LogP contribution in [0.3, 0.4) is 0 Å². The van der Waals surface area contributed by atoms with Crippen molar-refractivity contribution >= 4 is 38.1 Å². The summed E-state index contributed by atoms with van der Waals surface area (Å²) in [6.07, 6.45) is 5.42. The SMILES string of the molecule is COC1CCCC(Oc2c(Br)cc(C=O)cc2Br)C1. The van der Waals surface area contributed by atoms with Crippen LogP contribution in [0, 0.1) is 0 Å².